The molecule has 182 valence electrons. The van der Waals surface area contributed by atoms with Gasteiger partial charge in [0.15, 0.2) is 5.82 Å². The third-order valence-corrected chi connectivity index (χ3v) is 6.98. The molecule has 0 bridgehead atoms. The summed E-state index contributed by atoms with van der Waals surface area (Å²) in [5.74, 6) is 0.824. The van der Waals surface area contributed by atoms with Crippen molar-refractivity contribution >= 4 is 0 Å². The van der Waals surface area contributed by atoms with Crippen LogP contribution >= 0.6 is 0 Å². The van der Waals surface area contributed by atoms with Gasteiger partial charge in [-0.25, -0.2) is 9.97 Å². The monoisotopic (exact) mass is 472 g/mol. The van der Waals surface area contributed by atoms with Crippen molar-refractivity contribution in [2.24, 2.45) is 20.0 Å². The third kappa shape index (κ3) is 5.18. The van der Waals surface area contributed by atoms with Crippen molar-refractivity contribution in [1.82, 2.24) is 29.5 Å². The molecule has 3 atom stereocenters. The summed E-state index contributed by atoms with van der Waals surface area (Å²) in [7, 11) is 3.81. The molecule has 2 N–H and O–H groups in total. The second kappa shape index (κ2) is 10.1. The van der Waals surface area contributed by atoms with Crippen molar-refractivity contribution in [1.29, 1.82) is 0 Å². The first-order valence-corrected chi connectivity index (χ1v) is 12.3. The fraction of sp³-hybridized carbons (Fsp3) is 0.407. The molecule has 4 aromatic rings. The highest BCUT2D eigenvalue weighted by Gasteiger charge is 2.30. The van der Waals surface area contributed by atoms with Gasteiger partial charge in [-0.1, -0.05) is 24.6 Å². The Morgan fingerprint density at radius 3 is 2.40 bits per heavy atom. The van der Waals surface area contributed by atoms with Crippen LogP contribution in [0.3, 0.4) is 0 Å². The Balaban J connectivity index is 1.42. The van der Waals surface area contributed by atoms with E-state index in [0.717, 1.165) is 65.6 Å². The minimum absolute atomic E-state index is 0.137. The van der Waals surface area contributed by atoms with E-state index in [2.05, 4.69) is 22.3 Å². The van der Waals surface area contributed by atoms with Crippen molar-refractivity contribution in [3.8, 4) is 33.6 Å². The van der Waals surface area contributed by atoms with Gasteiger partial charge in [0.05, 0.1) is 30.3 Å². The Morgan fingerprint density at radius 2 is 1.66 bits per heavy atom. The summed E-state index contributed by atoms with van der Waals surface area (Å²) in [6, 6.07) is 8.21. The standard InChI is InChI=1S/C27H32N6O2/c1-32-16-21(13-29-32)19-8-3-9-20(12-19)27-28-15-23(22-14-30-33(2)17-22)24(31-27)10-4-6-18-7-5-11-25(34)26(18)35/h3,8-9,12-18,25-26,34-35H,4-7,10-11H2,1-2H3/t18?,25-,26+/m0/s1. The van der Waals surface area contributed by atoms with E-state index < -0.39 is 12.2 Å². The summed E-state index contributed by atoms with van der Waals surface area (Å²) < 4.78 is 3.58. The largest absolute Gasteiger partial charge is 0.390 e. The lowest BCUT2D eigenvalue weighted by Crippen LogP contribution is -2.37. The van der Waals surface area contributed by atoms with Crippen LogP contribution in [0.5, 0.6) is 0 Å². The van der Waals surface area contributed by atoms with Crippen molar-refractivity contribution in [2.75, 3.05) is 0 Å². The molecule has 1 fully saturated rings. The summed E-state index contributed by atoms with van der Waals surface area (Å²) in [4.78, 5) is 9.72. The first-order chi connectivity index (χ1) is 17.0. The second-order valence-electron chi connectivity index (χ2n) is 9.58. The highest BCUT2D eigenvalue weighted by molar-refractivity contribution is 5.71. The number of rotatable bonds is 7. The molecule has 0 aliphatic heterocycles. The second-order valence-corrected chi connectivity index (χ2v) is 9.58. The molecule has 5 rings (SSSR count). The first kappa shape index (κ1) is 23.4. The van der Waals surface area contributed by atoms with E-state index in [1.807, 2.05) is 57.2 Å². The summed E-state index contributed by atoms with van der Waals surface area (Å²) in [5, 5.41) is 29.0. The lowest BCUT2D eigenvalue weighted by molar-refractivity contribution is -0.0470. The Labute approximate surface area is 205 Å². The predicted octanol–water partition coefficient (Wildman–Crippen LogP) is 3.79. The average Bonchev–Trinajstić information content (AvgIpc) is 3.50. The Morgan fingerprint density at radius 1 is 0.914 bits per heavy atom. The molecule has 1 aromatic carbocycles. The highest BCUT2D eigenvalue weighted by atomic mass is 16.3. The molecule has 3 aromatic heterocycles. The van der Waals surface area contributed by atoms with Crippen LogP contribution < -0.4 is 0 Å². The van der Waals surface area contributed by atoms with Crippen molar-refractivity contribution in [3.05, 3.63) is 60.9 Å². The number of aliphatic hydroxyl groups excluding tert-OH is 2. The number of hydrogen-bond donors (Lipinski definition) is 2. The number of hydrogen-bond acceptors (Lipinski definition) is 6. The van der Waals surface area contributed by atoms with E-state index in [0.29, 0.717) is 12.2 Å². The number of aliphatic hydroxyl groups is 2. The molecule has 8 heteroatoms. The van der Waals surface area contributed by atoms with Gasteiger partial charge in [-0.15, -0.1) is 0 Å². The molecule has 1 unspecified atom stereocenters. The molecule has 0 amide bonds. The van der Waals surface area contributed by atoms with Crippen LogP contribution in [0.15, 0.2) is 55.2 Å². The van der Waals surface area contributed by atoms with Crippen LogP contribution in [0.4, 0.5) is 0 Å². The van der Waals surface area contributed by atoms with E-state index in [1.165, 1.54) is 0 Å². The number of nitrogens with zero attached hydrogens (tertiary/aromatic N) is 6. The summed E-state index contributed by atoms with van der Waals surface area (Å²) in [6.07, 6.45) is 13.5. The summed E-state index contributed by atoms with van der Waals surface area (Å²) in [5.41, 5.74) is 6.02. The highest BCUT2D eigenvalue weighted by Crippen LogP contribution is 2.31. The van der Waals surface area contributed by atoms with Crippen LogP contribution in [0, 0.1) is 5.92 Å². The van der Waals surface area contributed by atoms with Crippen LogP contribution in [0.1, 0.15) is 37.8 Å². The van der Waals surface area contributed by atoms with E-state index >= 15 is 0 Å². The fourth-order valence-electron chi connectivity index (χ4n) is 5.05. The Bertz CT molecular complexity index is 1300. The number of aryl methyl sites for hydroxylation is 3. The van der Waals surface area contributed by atoms with E-state index in [1.54, 1.807) is 9.36 Å². The van der Waals surface area contributed by atoms with Gasteiger partial charge in [0.1, 0.15) is 0 Å². The van der Waals surface area contributed by atoms with Crippen LogP contribution in [0.2, 0.25) is 0 Å². The van der Waals surface area contributed by atoms with Gasteiger partial charge in [0, 0.05) is 54.9 Å². The van der Waals surface area contributed by atoms with E-state index in [9.17, 15) is 10.2 Å². The smallest absolute Gasteiger partial charge is 0.159 e. The Kier molecular flexibility index (Phi) is 6.74. The van der Waals surface area contributed by atoms with Gasteiger partial charge in [-0.05, 0) is 49.7 Å². The van der Waals surface area contributed by atoms with Crippen LogP contribution in [-0.2, 0) is 20.5 Å². The molecule has 0 spiro atoms. The third-order valence-electron chi connectivity index (χ3n) is 6.98. The minimum atomic E-state index is -0.627. The van der Waals surface area contributed by atoms with Gasteiger partial charge in [0.25, 0.3) is 0 Å². The molecule has 1 aliphatic carbocycles. The zero-order valence-electron chi connectivity index (χ0n) is 20.2. The van der Waals surface area contributed by atoms with Crippen molar-refractivity contribution in [2.45, 2.75) is 50.7 Å². The van der Waals surface area contributed by atoms with Gasteiger partial charge in [-0.3, -0.25) is 9.36 Å². The molecule has 0 saturated heterocycles. The zero-order chi connectivity index (χ0) is 24.4. The van der Waals surface area contributed by atoms with Gasteiger partial charge >= 0.3 is 0 Å². The summed E-state index contributed by atoms with van der Waals surface area (Å²) in [6.45, 7) is 0. The van der Waals surface area contributed by atoms with Gasteiger partial charge in [0.2, 0.25) is 0 Å². The predicted molar refractivity (Wildman–Crippen MR) is 134 cm³/mol. The molecular formula is C27H32N6O2. The van der Waals surface area contributed by atoms with E-state index in [-0.39, 0.29) is 5.92 Å². The van der Waals surface area contributed by atoms with Gasteiger partial charge in [-0.2, -0.15) is 10.2 Å². The molecule has 1 saturated carbocycles. The number of benzene rings is 1. The maximum Gasteiger partial charge on any atom is 0.159 e. The summed E-state index contributed by atoms with van der Waals surface area (Å²) >= 11 is 0. The number of aromatic nitrogens is 6. The Hall–Kier alpha value is -3.36. The van der Waals surface area contributed by atoms with Crippen LogP contribution in [-0.4, -0.2) is 51.9 Å². The maximum atomic E-state index is 10.4. The maximum absolute atomic E-state index is 10.4. The zero-order valence-corrected chi connectivity index (χ0v) is 20.2. The quantitative estimate of drug-likeness (QED) is 0.424. The van der Waals surface area contributed by atoms with Crippen LogP contribution in [0.25, 0.3) is 33.6 Å². The molecule has 35 heavy (non-hydrogen) atoms. The minimum Gasteiger partial charge on any atom is -0.390 e. The molecule has 8 nitrogen and oxygen atoms in total. The molecule has 0 radical (unpaired) electrons. The van der Waals surface area contributed by atoms with Crippen molar-refractivity contribution < 1.29 is 10.2 Å². The lowest BCUT2D eigenvalue weighted by atomic mass is 9.81. The first-order valence-electron chi connectivity index (χ1n) is 12.3. The molecular weight excluding hydrogens is 440 g/mol. The fourth-order valence-corrected chi connectivity index (χ4v) is 5.05. The van der Waals surface area contributed by atoms with Crippen molar-refractivity contribution in [3.63, 3.8) is 0 Å². The molecule has 3 heterocycles. The normalized spacial score (nSPS) is 20.3. The topological polar surface area (TPSA) is 102 Å². The van der Waals surface area contributed by atoms with E-state index in [4.69, 9.17) is 9.97 Å². The van der Waals surface area contributed by atoms with Gasteiger partial charge < -0.3 is 10.2 Å². The average molecular weight is 473 g/mol. The lowest BCUT2D eigenvalue weighted by Gasteiger charge is -2.31. The SMILES string of the molecule is Cn1cc(-c2cccc(-c3ncc(-c4cnn(C)c4)c(CCCC4CCC[C@H](O)[C@@H]4O)n3)c2)cn1. The molecule has 1 aliphatic rings.